The van der Waals surface area contributed by atoms with Gasteiger partial charge in [-0.3, -0.25) is 4.79 Å². The third-order valence-corrected chi connectivity index (χ3v) is 6.78. The second-order valence-corrected chi connectivity index (χ2v) is 8.69. The molecule has 0 spiro atoms. The van der Waals surface area contributed by atoms with Gasteiger partial charge in [0.15, 0.2) is 5.60 Å². The first-order chi connectivity index (χ1) is 15.7. The first-order valence-corrected chi connectivity index (χ1v) is 10.9. The van der Waals surface area contributed by atoms with Gasteiger partial charge in [-0.15, -0.1) is 6.58 Å². The number of ether oxygens (including phenoxy) is 1. The minimum atomic E-state index is -1.88. The predicted octanol–water partition coefficient (Wildman–Crippen LogP) is 2.53. The summed E-state index contributed by atoms with van der Waals surface area (Å²) in [6, 6.07) is 4.60. The summed E-state index contributed by atoms with van der Waals surface area (Å²) in [6.45, 7) is 7.39. The molecule has 3 aromatic rings. The van der Waals surface area contributed by atoms with Crippen LogP contribution in [0.15, 0.2) is 35.6 Å². The van der Waals surface area contributed by atoms with Gasteiger partial charge in [-0.25, -0.2) is 9.78 Å². The molecule has 33 heavy (non-hydrogen) atoms. The average Bonchev–Trinajstić information content (AvgIpc) is 3.15. The molecular weight excluding hydrogens is 422 g/mol. The monoisotopic (exact) mass is 447 g/mol. The van der Waals surface area contributed by atoms with Crippen molar-refractivity contribution < 1.29 is 19.7 Å². The second kappa shape index (κ2) is 7.26. The number of esters is 1. The Kier molecular flexibility index (Phi) is 4.70. The van der Waals surface area contributed by atoms with Crippen molar-refractivity contribution in [3.05, 3.63) is 69.0 Å². The molecule has 2 aliphatic rings. The molecule has 5 rings (SSSR count). The number of carbonyl (C=O) groups excluding carboxylic acids is 1. The molecule has 0 unspecified atom stereocenters. The summed E-state index contributed by atoms with van der Waals surface area (Å²) in [6.07, 6.45) is 2.23. The number of aliphatic hydroxyl groups is 1. The number of hydrogen-bond acceptors (Lipinski definition) is 7. The lowest BCUT2D eigenvalue weighted by Gasteiger charge is -2.31. The molecule has 0 saturated heterocycles. The third-order valence-electron chi connectivity index (χ3n) is 6.78. The van der Waals surface area contributed by atoms with Gasteiger partial charge in [0.2, 0.25) is 0 Å². The van der Waals surface area contributed by atoms with Crippen molar-refractivity contribution in [1.82, 2.24) is 9.55 Å². The molecule has 1 aromatic carbocycles. The second-order valence-electron chi connectivity index (χ2n) is 8.69. The Morgan fingerprint density at radius 1 is 1.36 bits per heavy atom. The highest BCUT2D eigenvalue weighted by Crippen LogP contribution is 2.43. The molecule has 2 aliphatic heterocycles. The Morgan fingerprint density at radius 2 is 2.12 bits per heavy atom. The van der Waals surface area contributed by atoms with Crippen molar-refractivity contribution in [1.29, 1.82) is 0 Å². The van der Waals surface area contributed by atoms with Crippen molar-refractivity contribution in [3.8, 4) is 17.1 Å². The summed E-state index contributed by atoms with van der Waals surface area (Å²) in [5.41, 5.74) is 8.79. The Labute approximate surface area is 189 Å². The molecule has 2 atom stereocenters. The van der Waals surface area contributed by atoms with Crippen LogP contribution in [0.4, 0.5) is 0 Å². The minimum absolute atomic E-state index is 0.0784. The zero-order valence-corrected chi connectivity index (χ0v) is 18.5. The number of allylic oxidation sites excluding steroid dienone is 1. The van der Waals surface area contributed by atoms with Crippen molar-refractivity contribution in [2.75, 3.05) is 0 Å². The van der Waals surface area contributed by atoms with Crippen molar-refractivity contribution >= 4 is 16.9 Å². The van der Waals surface area contributed by atoms with E-state index in [4.69, 9.17) is 15.5 Å². The fourth-order valence-corrected chi connectivity index (χ4v) is 5.12. The largest absolute Gasteiger partial charge is 0.508 e. The summed E-state index contributed by atoms with van der Waals surface area (Å²) in [4.78, 5) is 30.7. The molecule has 0 aliphatic carbocycles. The van der Waals surface area contributed by atoms with Gasteiger partial charge in [-0.2, -0.15) is 0 Å². The number of nitrogens with zero attached hydrogens (tertiary/aromatic N) is 2. The van der Waals surface area contributed by atoms with E-state index in [1.165, 1.54) is 0 Å². The molecule has 170 valence electrons. The van der Waals surface area contributed by atoms with Crippen LogP contribution in [0.1, 0.15) is 54.1 Å². The molecule has 4 heterocycles. The SMILES string of the molecule is C=CCc1c(O)ccc2nc3c(c([C@H](C)N)c12)Cn1c-3cc2c(c1=O)COC(=O)[C@]2(O)CC. The molecule has 0 fully saturated rings. The number of aromatic nitrogens is 2. The number of aromatic hydroxyl groups is 1. The van der Waals surface area contributed by atoms with Crippen LogP contribution in [0.3, 0.4) is 0 Å². The topological polar surface area (TPSA) is 128 Å². The Morgan fingerprint density at radius 3 is 2.79 bits per heavy atom. The van der Waals surface area contributed by atoms with Crippen LogP contribution >= 0.6 is 0 Å². The third kappa shape index (κ3) is 2.81. The lowest BCUT2D eigenvalue weighted by Crippen LogP contribution is -2.44. The minimum Gasteiger partial charge on any atom is -0.508 e. The number of cyclic esters (lactones) is 1. The van der Waals surface area contributed by atoms with Crippen LogP contribution in [0.2, 0.25) is 0 Å². The normalized spacial score (nSPS) is 19.6. The molecule has 8 heteroatoms. The van der Waals surface area contributed by atoms with E-state index in [1.807, 2.05) is 6.92 Å². The van der Waals surface area contributed by atoms with E-state index < -0.39 is 17.6 Å². The fourth-order valence-electron chi connectivity index (χ4n) is 5.12. The van der Waals surface area contributed by atoms with Gasteiger partial charge < -0.3 is 25.3 Å². The molecule has 4 N–H and O–H groups in total. The van der Waals surface area contributed by atoms with E-state index in [9.17, 15) is 19.8 Å². The standard InChI is InChI=1S/C25H25N3O5/c1-4-6-13-19(29)8-7-17-21(13)20(12(3)26)14-10-28-18(22(14)27-17)9-16-15(23(28)30)11-33-24(31)25(16,32)5-2/h4,7-9,12,29,32H,1,5-6,10-11,26H2,2-3H3/t12-,25-/m0/s1. The predicted molar refractivity (Wildman–Crippen MR) is 123 cm³/mol. The summed E-state index contributed by atoms with van der Waals surface area (Å²) in [7, 11) is 0. The van der Waals surface area contributed by atoms with Crippen molar-refractivity contribution in [2.24, 2.45) is 5.73 Å². The molecular formula is C25H25N3O5. The molecule has 0 saturated carbocycles. The smallest absolute Gasteiger partial charge is 0.343 e. The molecule has 0 amide bonds. The molecule has 2 aromatic heterocycles. The first kappa shape index (κ1) is 21.4. The number of nitrogens with two attached hydrogens (primary N) is 1. The van der Waals surface area contributed by atoms with E-state index >= 15 is 0 Å². The lowest BCUT2D eigenvalue weighted by molar-refractivity contribution is -0.172. The summed E-state index contributed by atoms with van der Waals surface area (Å²) in [5, 5.41) is 22.3. The number of carbonyl (C=O) groups is 1. The van der Waals surface area contributed by atoms with Gasteiger partial charge >= 0.3 is 5.97 Å². The van der Waals surface area contributed by atoms with E-state index in [0.717, 1.165) is 16.5 Å². The van der Waals surface area contributed by atoms with Crippen molar-refractivity contribution in [3.63, 3.8) is 0 Å². The van der Waals surface area contributed by atoms with Gasteiger partial charge in [0, 0.05) is 28.1 Å². The highest BCUT2D eigenvalue weighted by Gasteiger charge is 2.45. The van der Waals surface area contributed by atoms with E-state index in [-0.39, 0.29) is 42.0 Å². The maximum Gasteiger partial charge on any atom is 0.343 e. The summed E-state index contributed by atoms with van der Waals surface area (Å²) < 4.78 is 6.72. The lowest BCUT2D eigenvalue weighted by atomic mass is 9.86. The van der Waals surface area contributed by atoms with E-state index in [1.54, 1.807) is 35.8 Å². The Hall–Kier alpha value is -3.49. The highest BCUT2D eigenvalue weighted by molar-refractivity contribution is 5.93. The molecule has 0 radical (unpaired) electrons. The maximum absolute atomic E-state index is 13.4. The van der Waals surface area contributed by atoms with Crippen LogP contribution < -0.4 is 11.3 Å². The molecule has 0 bridgehead atoms. The zero-order valence-electron chi connectivity index (χ0n) is 18.5. The Bertz CT molecular complexity index is 1420. The van der Waals surface area contributed by atoms with Gasteiger partial charge in [0.1, 0.15) is 12.4 Å². The first-order valence-electron chi connectivity index (χ1n) is 10.9. The van der Waals surface area contributed by atoms with E-state index in [2.05, 4.69) is 6.58 Å². The molecule has 8 nitrogen and oxygen atoms in total. The number of hydrogen-bond donors (Lipinski definition) is 3. The van der Waals surface area contributed by atoms with Gasteiger partial charge in [0.25, 0.3) is 5.56 Å². The van der Waals surface area contributed by atoms with Gasteiger partial charge in [-0.1, -0.05) is 13.0 Å². The average molecular weight is 447 g/mol. The van der Waals surface area contributed by atoms with Gasteiger partial charge in [-0.05, 0) is 43.5 Å². The zero-order chi connectivity index (χ0) is 23.7. The highest BCUT2D eigenvalue weighted by atomic mass is 16.6. The number of fused-ring (bicyclic) bond motifs is 5. The van der Waals surface area contributed by atoms with Crippen LogP contribution in [0.5, 0.6) is 5.75 Å². The number of phenols is 1. The van der Waals surface area contributed by atoms with Crippen LogP contribution in [-0.4, -0.2) is 25.7 Å². The van der Waals surface area contributed by atoms with Crippen molar-refractivity contribution in [2.45, 2.75) is 51.5 Å². The number of pyridine rings is 2. The number of rotatable bonds is 4. The van der Waals surface area contributed by atoms with Crippen LogP contribution in [0, 0.1) is 0 Å². The number of benzene rings is 1. The quantitative estimate of drug-likeness (QED) is 0.324. The Balaban J connectivity index is 1.86. The number of phenolic OH excluding ortho intramolecular Hbond substituents is 1. The maximum atomic E-state index is 13.4. The van der Waals surface area contributed by atoms with Gasteiger partial charge in [0.05, 0.1) is 29.0 Å². The fraction of sp³-hybridized carbons (Fsp3) is 0.320. The summed E-state index contributed by atoms with van der Waals surface area (Å²) in [5.74, 6) is -0.620. The van der Waals surface area contributed by atoms with Crippen LogP contribution in [0.25, 0.3) is 22.3 Å². The summed E-state index contributed by atoms with van der Waals surface area (Å²) >= 11 is 0. The van der Waals surface area contributed by atoms with E-state index in [0.29, 0.717) is 28.9 Å². The van der Waals surface area contributed by atoms with Crippen LogP contribution in [-0.2, 0) is 34.7 Å².